The Morgan fingerprint density at radius 2 is 2.23 bits per heavy atom. The Morgan fingerprint density at radius 3 is 2.85 bits per heavy atom. The molecule has 1 aromatic rings. The summed E-state index contributed by atoms with van der Waals surface area (Å²) in [6.07, 6.45) is 6.41. The molecule has 0 bridgehead atoms. The Balaban J connectivity index is 2.77. The summed E-state index contributed by atoms with van der Waals surface area (Å²) >= 11 is 14.7. The van der Waals surface area contributed by atoms with Crippen molar-refractivity contribution in [1.82, 2.24) is 9.97 Å². The van der Waals surface area contributed by atoms with E-state index in [0.29, 0.717) is 5.15 Å². The Kier molecular flexibility index (Phi) is 4.70. The fraction of sp³-hybridized carbons (Fsp3) is 0.250. The van der Waals surface area contributed by atoms with Crippen LogP contribution in [0.15, 0.2) is 12.3 Å². The van der Waals surface area contributed by atoms with Crippen molar-refractivity contribution in [3.05, 3.63) is 28.3 Å². The molecule has 0 radical (unpaired) electrons. The number of nitrogens with zero attached hydrogens (tertiary/aromatic N) is 2. The second kappa shape index (κ2) is 5.58. The Hall–Kier alpha value is -0.120. The molecule has 0 unspecified atom stereocenters. The predicted molar refractivity (Wildman–Crippen MR) is 59.5 cm³/mol. The molecule has 0 aliphatic heterocycles. The van der Waals surface area contributed by atoms with Crippen molar-refractivity contribution in [3.8, 4) is 0 Å². The minimum atomic E-state index is 0.169. The first-order valence-corrected chi connectivity index (χ1v) is 5.52. The number of alkyl halides is 1. The minimum Gasteiger partial charge on any atom is -0.226 e. The molecule has 2 nitrogen and oxygen atoms in total. The molecule has 0 aromatic carbocycles. The maximum atomic E-state index is 5.81. The third-order valence-electron chi connectivity index (χ3n) is 1.31. The van der Waals surface area contributed by atoms with Gasteiger partial charge in [0.2, 0.25) is 5.28 Å². The van der Waals surface area contributed by atoms with Gasteiger partial charge in [-0.2, -0.15) is 0 Å². The van der Waals surface area contributed by atoms with Crippen LogP contribution < -0.4 is 0 Å². The van der Waals surface area contributed by atoms with Crippen LogP contribution in [0, 0.1) is 0 Å². The number of halogens is 3. The lowest BCUT2D eigenvalue weighted by Crippen LogP contribution is -1.85. The van der Waals surface area contributed by atoms with Crippen molar-refractivity contribution in [2.45, 2.75) is 6.42 Å². The molecule has 0 saturated heterocycles. The first-order valence-electron chi connectivity index (χ1n) is 3.64. The maximum Gasteiger partial charge on any atom is 0.223 e. The molecule has 13 heavy (non-hydrogen) atoms. The number of hydrogen-bond acceptors (Lipinski definition) is 2. The predicted octanol–water partition coefficient (Wildman–Crippen LogP) is 3.58. The summed E-state index contributed by atoms with van der Waals surface area (Å²) < 4.78 is 0. The van der Waals surface area contributed by atoms with Gasteiger partial charge in [0.1, 0.15) is 5.15 Å². The quantitative estimate of drug-likeness (QED) is 0.481. The summed E-state index contributed by atoms with van der Waals surface area (Å²) in [5, 5.41) is 1.48. The average Bonchev–Trinajstić information content (AvgIpc) is 2.09. The zero-order chi connectivity index (χ0) is 9.68. The first kappa shape index (κ1) is 11.0. The van der Waals surface area contributed by atoms with Crippen LogP contribution in [0.2, 0.25) is 10.4 Å². The van der Waals surface area contributed by atoms with Crippen molar-refractivity contribution in [2.24, 2.45) is 0 Å². The van der Waals surface area contributed by atoms with E-state index < -0.39 is 0 Å². The standard InChI is InChI=1S/C8H7BrCl2N2/c9-4-2-1-3-6-5-12-8(11)13-7(6)10/h1,3,5H,2,4H2. The molecule has 0 spiro atoms. The van der Waals surface area contributed by atoms with Gasteiger partial charge in [0.05, 0.1) is 0 Å². The second-order valence-corrected chi connectivity index (χ2v) is 3.75. The highest BCUT2D eigenvalue weighted by Crippen LogP contribution is 2.15. The topological polar surface area (TPSA) is 25.8 Å². The molecule has 0 atom stereocenters. The highest BCUT2D eigenvalue weighted by molar-refractivity contribution is 9.09. The van der Waals surface area contributed by atoms with Crippen LogP contribution in [0.4, 0.5) is 0 Å². The van der Waals surface area contributed by atoms with Crippen LogP contribution >= 0.6 is 39.1 Å². The van der Waals surface area contributed by atoms with Crippen molar-refractivity contribution in [2.75, 3.05) is 5.33 Å². The van der Waals surface area contributed by atoms with Crippen LogP contribution in [0.3, 0.4) is 0 Å². The highest BCUT2D eigenvalue weighted by Gasteiger charge is 1.99. The third kappa shape index (κ3) is 3.63. The van der Waals surface area contributed by atoms with E-state index in [-0.39, 0.29) is 5.28 Å². The highest BCUT2D eigenvalue weighted by atomic mass is 79.9. The number of hydrogen-bond donors (Lipinski definition) is 0. The molecule has 0 N–H and O–H groups in total. The Bertz CT molecular complexity index is 315. The first-order chi connectivity index (χ1) is 6.24. The largest absolute Gasteiger partial charge is 0.226 e. The molecule has 0 aliphatic carbocycles. The summed E-state index contributed by atoms with van der Waals surface area (Å²) in [5.74, 6) is 0. The molecular weight excluding hydrogens is 275 g/mol. The number of rotatable bonds is 3. The summed E-state index contributed by atoms with van der Waals surface area (Å²) in [5.41, 5.74) is 0.784. The Labute approximate surface area is 95.1 Å². The number of aromatic nitrogens is 2. The van der Waals surface area contributed by atoms with E-state index in [4.69, 9.17) is 23.2 Å². The van der Waals surface area contributed by atoms with Gasteiger partial charge in [0.25, 0.3) is 0 Å². The molecule has 0 fully saturated rings. The van der Waals surface area contributed by atoms with Gasteiger partial charge < -0.3 is 0 Å². The van der Waals surface area contributed by atoms with Crippen LogP contribution in [0.1, 0.15) is 12.0 Å². The van der Waals surface area contributed by atoms with Crippen molar-refractivity contribution in [3.63, 3.8) is 0 Å². The molecule has 0 aliphatic rings. The van der Waals surface area contributed by atoms with Crippen molar-refractivity contribution < 1.29 is 0 Å². The van der Waals surface area contributed by atoms with E-state index >= 15 is 0 Å². The molecule has 1 rings (SSSR count). The fourth-order valence-corrected chi connectivity index (χ4v) is 1.37. The van der Waals surface area contributed by atoms with Gasteiger partial charge in [-0.05, 0) is 18.0 Å². The van der Waals surface area contributed by atoms with Crippen LogP contribution in [-0.4, -0.2) is 15.3 Å². The second-order valence-electron chi connectivity index (χ2n) is 2.27. The molecule has 70 valence electrons. The van der Waals surface area contributed by atoms with E-state index in [1.165, 1.54) is 0 Å². The van der Waals surface area contributed by atoms with Gasteiger partial charge in [0.15, 0.2) is 0 Å². The minimum absolute atomic E-state index is 0.169. The molecule has 5 heteroatoms. The Morgan fingerprint density at radius 1 is 1.46 bits per heavy atom. The summed E-state index contributed by atoms with van der Waals surface area (Å²) in [6, 6.07) is 0. The zero-order valence-electron chi connectivity index (χ0n) is 6.67. The van der Waals surface area contributed by atoms with Gasteiger partial charge in [-0.25, -0.2) is 9.97 Å². The van der Waals surface area contributed by atoms with E-state index in [1.54, 1.807) is 6.20 Å². The van der Waals surface area contributed by atoms with Crippen molar-refractivity contribution >= 4 is 45.2 Å². The normalized spacial score (nSPS) is 11.0. The van der Waals surface area contributed by atoms with Crippen LogP contribution in [0.25, 0.3) is 6.08 Å². The van der Waals surface area contributed by atoms with Gasteiger partial charge in [-0.3, -0.25) is 0 Å². The SMILES string of the molecule is Clc1ncc(C=CCCBr)c(Cl)n1. The molecule has 0 saturated carbocycles. The van der Waals surface area contributed by atoms with Crippen LogP contribution in [-0.2, 0) is 0 Å². The van der Waals surface area contributed by atoms with E-state index in [1.807, 2.05) is 12.2 Å². The van der Waals surface area contributed by atoms with Gasteiger partial charge in [-0.15, -0.1) is 0 Å². The summed E-state index contributed by atoms with van der Waals surface area (Å²) in [6.45, 7) is 0. The number of allylic oxidation sites excluding steroid dienone is 1. The third-order valence-corrected chi connectivity index (χ3v) is 2.25. The van der Waals surface area contributed by atoms with E-state index in [2.05, 4.69) is 25.9 Å². The zero-order valence-corrected chi connectivity index (χ0v) is 9.77. The van der Waals surface area contributed by atoms with Gasteiger partial charge in [-0.1, -0.05) is 39.7 Å². The maximum absolute atomic E-state index is 5.81. The van der Waals surface area contributed by atoms with E-state index in [9.17, 15) is 0 Å². The molecule has 0 amide bonds. The summed E-state index contributed by atoms with van der Waals surface area (Å²) in [4.78, 5) is 7.63. The summed E-state index contributed by atoms with van der Waals surface area (Å²) in [7, 11) is 0. The van der Waals surface area contributed by atoms with Gasteiger partial charge >= 0.3 is 0 Å². The smallest absolute Gasteiger partial charge is 0.223 e. The molecular formula is C8H7BrCl2N2. The lowest BCUT2D eigenvalue weighted by molar-refractivity contribution is 1.16. The average molecular weight is 282 g/mol. The lowest BCUT2D eigenvalue weighted by atomic mass is 10.3. The van der Waals surface area contributed by atoms with E-state index in [0.717, 1.165) is 17.3 Å². The molecule has 1 heterocycles. The van der Waals surface area contributed by atoms with Crippen molar-refractivity contribution in [1.29, 1.82) is 0 Å². The monoisotopic (exact) mass is 280 g/mol. The molecule has 1 aromatic heterocycles. The van der Waals surface area contributed by atoms with Gasteiger partial charge in [0, 0.05) is 17.1 Å². The lowest BCUT2D eigenvalue weighted by Gasteiger charge is -1.95. The van der Waals surface area contributed by atoms with Crippen LogP contribution in [0.5, 0.6) is 0 Å². The fourth-order valence-electron chi connectivity index (χ4n) is 0.736.